The smallest absolute Gasteiger partial charge is 0.251 e. The highest BCUT2D eigenvalue weighted by Gasteiger charge is 2.19. The van der Waals surface area contributed by atoms with Gasteiger partial charge in [0.15, 0.2) is 0 Å². The molecule has 4 heteroatoms. The van der Waals surface area contributed by atoms with Gasteiger partial charge in [0.2, 0.25) is 0 Å². The average Bonchev–Trinajstić information content (AvgIpc) is 2.45. The molecule has 3 rings (SSSR count). The van der Waals surface area contributed by atoms with Crippen LogP contribution in [0.25, 0.3) is 0 Å². The summed E-state index contributed by atoms with van der Waals surface area (Å²) in [4.78, 5) is 11.9. The lowest BCUT2D eigenvalue weighted by Crippen LogP contribution is -2.32. The van der Waals surface area contributed by atoms with Gasteiger partial charge < -0.3 is 11.1 Å². The van der Waals surface area contributed by atoms with Crippen LogP contribution in [0.5, 0.6) is 0 Å². The summed E-state index contributed by atoms with van der Waals surface area (Å²) in [6.07, 6.45) is 0.829. The SMILES string of the molecule is Cc1cc(F)cc(C(N)c2ccc3c(c2)C(=O)NCC3)c1. The summed E-state index contributed by atoms with van der Waals surface area (Å²) in [5.74, 6) is -0.364. The third-order valence-electron chi connectivity index (χ3n) is 3.84. The van der Waals surface area contributed by atoms with E-state index < -0.39 is 6.04 Å². The largest absolute Gasteiger partial charge is 0.352 e. The Morgan fingerprint density at radius 3 is 2.76 bits per heavy atom. The van der Waals surface area contributed by atoms with Gasteiger partial charge in [-0.2, -0.15) is 0 Å². The molecule has 108 valence electrons. The van der Waals surface area contributed by atoms with Crippen molar-refractivity contribution in [2.75, 3.05) is 6.54 Å². The highest BCUT2D eigenvalue weighted by Crippen LogP contribution is 2.25. The van der Waals surface area contributed by atoms with Gasteiger partial charge in [-0.3, -0.25) is 4.79 Å². The zero-order valence-electron chi connectivity index (χ0n) is 11.8. The molecule has 0 aliphatic carbocycles. The Balaban J connectivity index is 2.00. The van der Waals surface area contributed by atoms with Crippen molar-refractivity contribution in [2.45, 2.75) is 19.4 Å². The van der Waals surface area contributed by atoms with Gasteiger partial charge in [-0.1, -0.05) is 18.2 Å². The summed E-state index contributed by atoms with van der Waals surface area (Å²) in [7, 11) is 0. The molecular formula is C17H17FN2O. The van der Waals surface area contributed by atoms with Crippen molar-refractivity contribution in [1.29, 1.82) is 0 Å². The first-order valence-corrected chi connectivity index (χ1v) is 6.98. The number of hydrogen-bond acceptors (Lipinski definition) is 2. The molecule has 1 aliphatic heterocycles. The van der Waals surface area contributed by atoms with Gasteiger partial charge in [-0.05, 0) is 53.8 Å². The lowest BCUT2D eigenvalue weighted by molar-refractivity contribution is 0.0946. The molecule has 3 nitrogen and oxygen atoms in total. The highest BCUT2D eigenvalue weighted by molar-refractivity contribution is 5.96. The lowest BCUT2D eigenvalue weighted by atomic mass is 9.92. The molecule has 2 aromatic carbocycles. The minimum absolute atomic E-state index is 0.0688. The fourth-order valence-electron chi connectivity index (χ4n) is 2.76. The standard InChI is InChI=1S/C17H17FN2O/c1-10-6-13(8-14(18)7-10)16(19)12-3-2-11-4-5-20-17(21)15(11)9-12/h2-3,6-9,16H,4-5,19H2,1H3,(H,20,21). The number of nitrogens with two attached hydrogens (primary N) is 1. The molecular weight excluding hydrogens is 267 g/mol. The molecule has 0 saturated heterocycles. The molecule has 1 aliphatic rings. The Morgan fingerprint density at radius 2 is 2.00 bits per heavy atom. The molecule has 3 N–H and O–H groups in total. The van der Waals surface area contributed by atoms with E-state index in [2.05, 4.69) is 5.32 Å². The van der Waals surface area contributed by atoms with Crippen molar-refractivity contribution >= 4 is 5.91 Å². The number of rotatable bonds is 2. The topological polar surface area (TPSA) is 55.1 Å². The minimum atomic E-state index is -0.445. The Bertz CT molecular complexity index is 692. The van der Waals surface area contributed by atoms with Crippen LogP contribution < -0.4 is 11.1 Å². The number of hydrogen-bond donors (Lipinski definition) is 2. The second-order valence-electron chi connectivity index (χ2n) is 5.46. The molecule has 1 amide bonds. The van der Waals surface area contributed by atoms with Crippen molar-refractivity contribution in [2.24, 2.45) is 5.73 Å². The second-order valence-corrected chi connectivity index (χ2v) is 5.46. The normalized spacial score (nSPS) is 15.3. The number of nitrogens with one attached hydrogen (secondary N) is 1. The number of aryl methyl sites for hydroxylation is 1. The Kier molecular flexibility index (Phi) is 3.47. The van der Waals surface area contributed by atoms with Crippen molar-refractivity contribution in [1.82, 2.24) is 5.32 Å². The Morgan fingerprint density at radius 1 is 1.19 bits per heavy atom. The van der Waals surface area contributed by atoms with Crippen molar-refractivity contribution < 1.29 is 9.18 Å². The number of carbonyl (C=O) groups excluding carboxylic acids is 1. The monoisotopic (exact) mass is 284 g/mol. The summed E-state index contributed by atoms with van der Waals surface area (Å²) in [6, 6.07) is 10.0. The third kappa shape index (κ3) is 2.67. The van der Waals surface area contributed by atoms with E-state index in [1.165, 1.54) is 12.1 Å². The lowest BCUT2D eigenvalue weighted by Gasteiger charge is -2.20. The van der Waals surface area contributed by atoms with Crippen LogP contribution in [0.4, 0.5) is 4.39 Å². The summed E-state index contributed by atoms with van der Waals surface area (Å²) in [5, 5.41) is 2.82. The van der Waals surface area contributed by atoms with E-state index in [-0.39, 0.29) is 11.7 Å². The van der Waals surface area contributed by atoms with Crippen LogP contribution in [-0.4, -0.2) is 12.5 Å². The minimum Gasteiger partial charge on any atom is -0.352 e. The number of carbonyl (C=O) groups is 1. The van der Waals surface area contributed by atoms with Crippen LogP contribution in [0.3, 0.4) is 0 Å². The third-order valence-corrected chi connectivity index (χ3v) is 3.84. The molecule has 1 heterocycles. The number of amides is 1. The van der Waals surface area contributed by atoms with E-state index in [1.54, 1.807) is 0 Å². The maximum absolute atomic E-state index is 13.5. The quantitative estimate of drug-likeness (QED) is 0.890. The van der Waals surface area contributed by atoms with E-state index in [0.29, 0.717) is 17.7 Å². The fraction of sp³-hybridized carbons (Fsp3) is 0.235. The predicted octanol–water partition coefficient (Wildman–Crippen LogP) is 2.47. The molecule has 0 aromatic heterocycles. The summed E-state index contributed by atoms with van der Waals surface area (Å²) >= 11 is 0. The fourth-order valence-corrected chi connectivity index (χ4v) is 2.76. The first kappa shape index (κ1) is 13.8. The molecule has 1 atom stereocenters. The highest BCUT2D eigenvalue weighted by atomic mass is 19.1. The van der Waals surface area contributed by atoms with Gasteiger partial charge in [0.1, 0.15) is 5.82 Å². The van der Waals surface area contributed by atoms with Crippen LogP contribution in [0.1, 0.15) is 38.7 Å². The zero-order chi connectivity index (χ0) is 15.0. The molecule has 0 bridgehead atoms. The van der Waals surface area contributed by atoms with E-state index in [0.717, 1.165) is 23.1 Å². The summed E-state index contributed by atoms with van der Waals surface area (Å²) in [5.41, 5.74) is 10.3. The van der Waals surface area contributed by atoms with Crippen molar-refractivity contribution in [3.8, 4) is 0 Å². The van der Waals surface area contributed by atoms with Gasteiger partial charge in [0.25, 0.3) is 5.91 Å². The Hall–Kier alpha value is -2.20. The molecule has 0 saturated carbocycles. The van der Waals surface area contributed by atoms with Gasteiger partial charge in [0.05, 0.1) is 6.04 Å². The molecule has 21 heavy (non-hydrogen) atoms. The molecule has 1 unspecified atom stereocenters. The molecule has 0 spiro atoms. The van der Waals surface area contributed by atoms with E-state index in [9.17, 15) is 9.18 Å². The Labute approximate surface area is 123 Å². The van der Waals surface area contributed by atoms with Crippen LogP contribution in [0, 0.1) is 12.7 Å². The van der Waals surface area contributed by atoms with E-state index in [1.807, 2.05) is 31.2 Å². The number of fused-ring (bicyclic) bond motifs is 1. The van der Waals surface area contributed by atoms with Crippen LogP contribution >= 0.6 is 0 Å². The van der Waals surface area contributed by atoms with Crippen molar-refractivity contribution in [3.63, 3.8) is 0 Å². The first-order valence-electron chi connectivity index (χ1n) is 6.98. The van der Waals surface area contributed by atoms with Crippen molar-refractivity contribution in [3.05, 3.63) is 70.0 Å². The summed E-state index contributed by atoms with van der Waals surface area (Å²) in [6.45, 7) is 2.50. The molecule has 0 fully saturated rings. The van der Waals surface area contributed by atoms with Crippen LogP contribution in [0.2, 0.25) is 0 Å². The molecule has 2 aromatic rings. The van der Waals surface area contributed by atoms with Gasteiger partial charge >= 0.3 is 0 Å². The summed E-state index contributed by atoms with van der Waals surface area (Å²) < 4.78 is 13.5. The first-order chi connectivity index (χ1) is 10.0. The van der Waals surface area contributed by atoms with Gasteiger partial charge in [-0.15, -0.1) is 0 Å². The van der Waals surface area contributed by atoms with Crippen LogP contribution in [-0.2, 0) is 6.42 Å². The second kappa shape index (κ2) is 5.30. The van der Waals surface area contributed by atoms with Gasteiger partial charge in [0, 0.05) is 12.1 Å². The van der Waals surface area contributed by atoms with Gasteiger partial charge in [-0.25, -0.2) is 4.39 Å². The molecule has 0 radical (unpaired) electrons. The number of halogens is 1. The maximum atomic E-state index is 13.5. The predicted molar refractivity (Wildman–Crippen MR) is 79.6 cm³/mol. The van der Waals surface area contributed by atoms with Crippen LogP contribution in [0.15, 0.2) is 36.4 Å². The average molecular weight is 284 g/mol. The van der Waals surface area contributed by atoms with E-state index >= 15 is 0 Å². The van der Waals surface area contributed by atoms with E-state index in [4.69, 9.17) is 5.73 Å². The zero-order valence-corrected chi connectivity index (χ0v) is 11.8. The maximum Gasteiger partial charge on any atom is 0.251 e. The number of benzene rings is 2.